The van der Waals surface area contributed by atoms with Gasteiger partial charge in [-0.1, -0.05) is 26.7 Å². The average Bonchev–Trinajstić information content (AvgIpc) is 2.61. The van der Waals surface area contributed by atoms with E-state index in [9.17, 15) is 14.4 Å². The number of nitrogens with one attached hydrogen (secondary N) is 1. The fourth-order valence-electron chi connectivity index (χ4n) is 1.80. The average molecular weight is 350 g/mol. The number of carbonyl (C=O) groups excluding carboxylic acids is 3. The molecule has 25 heavy (non-hydrogen) atoms. The number of amides is 1. The first-order chi connectivity index (χ1) is 12.1. The molecule has 0 spiro atoms. The summed E-state index contributed by atoms with van der Waals surface area (Å²) in [5.74, 6) is -0.844. The first-order valence-corrected chi connectivity index (χ1v) is 8.65. The van der Waals surface area contributed by atoms with Crippen molar-refractivity contribution in [2.45, 2.75) is 52.4 Å². The molecule has 0 radical (unpaired) electrons. The number of unbranched alkanes of at least 4 members (excludes halogenated alkanes) is 2. The van der Waals surface area contributed by atoms with Gasteiger partial charge in [0.25, 0.3) is 0 Å². The van der Waals surface area contributed by atoms with E-state index in [1.54, 1.807) is 0 Å². The highest BCUT2D eigenvalue weighted by Crippen LogP contribution is 2.08. The molecule has 1 rings (SSSR count). The smallest absolute Gasteiger partial charge is 0.339 e. The van der Waals surface area contributed by atoms with E-state index in [4.69, 9.17) is 9.47 Å². The molecule has 0 aromatic carbocycles. The molecule has 0 aliphatic heterocycles. The maximum atomic E-state index is 11.8. The highest BCUT2D eigenvalue weighted by atomic mass is 16.5. The fraction of sp³-hybridized carbons (Fsp3) is 0.556. The van der Waals surface area contributed by atoms with Crippen molar-refractivity contribution in [3.8, 4) is 0 Å². The minimum atomic E-state index is -0.436. The lowest BCUT2D eigenvalue weighted by Crippen LogP contribution is -2.16. The zero-order chi connectivity index (χ0) is 18.5. The SMILES string of the molecule is CCCCOC(=O)CCC(=O)Nc1ccc(C(=O)OCCCC)cn1. The molecule has 1 N–H and O–H groups in total. The van der Waals surface area contributed by atoms with Crippen LogP contribution >= 0.6 is 0 Å². The number of nitrogens with zero attached hydrogens (tertiary/aromatic N) is 1. The number of aromatic nitrogens is 1. The number of esters is 2. The molecule has 1 heterocycles. The number of hydrogen-bond donors (Lipinski definition) is 1. The van der Waals surface area contributed by atoms with Crippen LogP contribution < -0.4 is 5.32 Å². The first-order valence-electron chi connectivity index (χ1n) is 8.65. The van der Waals surface area contributed by atoms with Crippen LogP contribution in [0.25, 0.3) is 0 Å². The molecule has 138 valence electrons. The van der Waals surface area contributed by atoms with Crippen LogP contribution in [-0.4, -0.2) is 36.0 Å². The second-order valence-corrected chi connectivity index (χ2v) is 5.54. The highest BCUT2D eigenvalue weighted by molar-refractivity contribution is 5.93. The second-order valence-electron chi connectivity index (χ2n) is 5.54. The third-order valence-electron chi connectivity index (χ3n) is 3.31. The van der Waals surface area contributed by atoms with E-state index in [1.165, 1.54) is 18.3 Å². The van der Waals surface area contributed by atoms with Gasteiger partial charge in [0.2, 0.25) is 5.91 Å². The number of anilines is 1. The van der Waals surface area contributed by atoms with Crippen molar-refractivity contribution in [1.82, 2.24) is 4.98 Å². The lowest BCUT2D eigenvalue weighted by molar-refractivity contribution is -0.144. The van der Waals surface area contributed by atoms with E-state index in [-0.39, 0.29) is 24.7 Å². The normalized spacial score (nSPS) is 10.2. The Morgan fingerprint density at radius 3 is 2.28 bits per heavy atom. The molecule has 1 amide bonds. The third kappa shape index (κ3) is 8.83. The van der Waals surface area contributed by atoms with Gasteiger partial charge in [-0.15, -0.1) is 0 Å². The molecule has 0 saturated carbocycles. The summed E-state index contributed by atoms with van der Waals surface area (Å²) < 4.78 is 10.1. The predicted octanol–water partition coefficient (Wildman–Crippen LogP) is 3.10. The fourth-order valence-corrected chi connectivity index (χ4v) is 1.80. The van der Waals surface area contributed by atoms with Crippen molar-refractivity contribution >= 4 is 23.7 Å². The van der Waals surface area contributed by atoms with E-state index < -0.39 is 5.97 Å². The van der Waals surface area contributed by atoms with Crippen LogP contribution in [0.15, 0.2) is 18.3 Å². The van der Waals surface area contributed by atoms with Gasteiger partial charge in [0.05, 0.1) is 25.2 Å². The van der Waals surface area contributed by atoms with Gasteiger partial charge in [0, 0.05) is 12.6 Å². The van der Waals surface area contributed by atoms with Crippen molar-refractivity contribution in [1.29, 1.82) is 0 Å². The summed E-state index contributed by atoms with van der Waals surface area (Å²) in [5, 5.41) is 2.57. The van der Waals surface area contributed by atoms with Crippen LogP contribution in [0.3, 0.4) is 0 Å². The lowest BCUT2D eigenvalue weighted by atomic mass is 10.2. The van der Waals surface area contributed by atoms with Crippen LogP contribution in [0.1, 0.15) is 62.7 Å². The molecule has 0 saturated heterocycles. The Kier molecular flexibility index (Phi) is 9.89. The minimum absolute atomic E-state index is 0.0213. The number of ether oxygens (including phenoxy) is 2. The van der Waals surface area contributed by atoms with Crippen LogP contribution in [0.5, 0.6) is 0 Å². The quantitative estimate of drug-likeness (QED) is 0.487. The van der Waals surface area contributed by atoms with E-state index in [0.29, 0.717) is 24.6 Å². The molecular weight excluding hydrogens is 324 g/mol. The Bertz CT molecular complexity index is 557. The van der Waals surface area contributed by atoms with Gasteiger partial charge in [-0.2, -0.15) is 0 Å². The van der Waals surface area contributed by atoms with Crippen LogP contribution in [0.2, 0.25) is 0 Å². The Hall–Kier alpha value is -2.44. The van der Waals surface area contributed by atoms with Crippen LogP contribution in [0, 0.1) is 0 Å². The molecule has 0 atom stereocenters. The number of pyridine rings is 1. The maximum absolute atomic E-state index is 11.8. The van der Waals surface area contributed by atoms with E-state index in [1.807, 2.05) is 13.8 Å². The Morgan fingerprint density at radius 1 is 1.00 bits per heavy atom. The number of carbonyl (C=O) groups is 3. The summed E-state index contributed by atoms with van der Waals surface area (Å²) in [6.45, 7) is 4.78. The van der Waals surface area contributed by atoms with Gasteiger partial charge < -0.3 is 14.8 Å². The van der Waals surface area contributed by atoms with Gasteiger partial charge in [-0.05, 0) is 25.0 Å². The summed E-state index contributed by atoms with van der Waals surface area (Å²) in [6.07, 6.45) is 4.92. The Morgan fingerprint density at radius 2 is 1.68 bits per heavy atom. The lowest BCUT2D eigenvalue weighted by Gasteiger charge is -2.06. The largest absolute Gasteiger partial charge is 0.466 e. The standard InChI is InChI=1S/C18H26N2O5/c1-3-5-11-24-17(22)10-9-16(21)20-15-8-7-14(13-19-15)18(23)25-12-6-4-2/h7-8,13H,3-6,9-12H2,1-2H3,(H,19,20,21). The summed E-state index contributed by atoms with van der Waals surface area (Å²) in [6, 6.07) is 3.06. The van der Waals surface area contributed by atoms with Gasteiger partial charge in [-0.25, -0.2) is 9.78 Å². The summed E-state index contributed by atoms with van der Waals surface area (Å²) in [7, 11) is 0. The molecular formula is C18H26N2O5. The van der Waals surface area contributed by atoms with E-state index in [2.05, 4.69) is 10.3 Å². The number of rotatable bonds is 11. The molecule has 0 fully saturated rings. The molecule has 7 heteroatoms. The summed E-state index contributed by atoms with van der Waals surface area (Å²) in [5.41, 5.74) is 0.327. The van der Waals surface area contributed by atoms with Crippen molar-refractivity contribution in [3.63, 3.8) is 0 Å². The van der Waals surface area contributed by atoms with Crippen molar-refractivity contribution < 1.29 is 23.9 Å². The van der Waals surface area contributed by atoms with Crippen LogP contribution in [-0.2, 0) is 19.1 Å². The molecule has 1 aromatic heterocycles. The van der Waals surface area contributed by atoms with Gasteiger partial charge in [-0.3, -0.25) is 9.59 Å². The van der Waals surface area contributed by atoms with E-state index >= 15 is 0 Å². The zero-order valence-corrected chi connectivity index (χ0v) is 14.9. The molecule has 7 nitrogen and oxygen atoms in total. The van der Waals surface area contributed by atoms with Crippen molar-refractivity contribution in [2.75, 3.05) is 18.5 Å². The highest BCUT2D eigenvalue weighted by Gasteiger charge is 2.11. The summed E-state index contributed by atoms with van der Waals surface area (Å²) in [4.78, 5) is 39.0. The number of hydrogen-bond acceptors (Lipinski definition) is 6. The predicted molar refractivity (Wildman–Crippen MR) is 93.2 cm³/mol. The monoisotopic (exact) mass is 350 g/mol. The van der Waals surface area contributed by atoms with Gasteiger partial charge >= 0.3 is 11.9 Å². The Labute approximate surface area is 148 Å². The van der Waals surface area contributed by atoms with Gasteiger partial charge in [0.1, 0.15) is 5.82 Å². The van der Waals surface area contributed by atoms with Gasteiger partial charge in [0.15, 0.2) is 0 Å². The van der Waals surface area contributed by atoms with Crippen molar-refractivity contribution in [2.24, 2.45) is 0 Å². The molecule has 0 aliphatic rings. The first kappa shape index (κ1) is 20.6. The topological polar surface area (TPSA) is 94.6 Å². The molecule has 0 aliphatic carbocycles. The second kappa shape index (κ2) is 12.0. The van der Waals surface area contributed by atoms with E-state index in [0.717, 1.165) is 25.7 Å². The van der Waals surface area contributed by atoms with Crippen molar-refractivity contribution in [3.05, 3.63) is 23.9 Å². The van der Waals surface area contributed by atoms with Crippen LogP contribution in [0.4, 0.5) is 5.82 Å². The third-order valence-corrected chi connectivity index (χ3v) is 3.31. The molecule has 0 unspecified atom stereocenters. The Balaban J connectivity index is 2.35. The maximum Gasteiger partial charge on any atom is 0.339 e. The zero-order valence-electron chi connectivity index (χ0n) is 14.9. The molecule has 0 bridgehead atoms. The minimum Gasteiger partial charge on any atom is -0.466 e. The molecule has 1 aromatic rings. The summed E-state index contributed by atoms with van der Waals surface area (Å²) >= 11 is 0.